The van der Waals surface area contributed by atoms with Crippen molar-refractivity contribution in [3.05, 3.63) is 60.3 Å². The van der Waals surface area contributed by atoms with E-state index in [4.69, 9.17) is 9.47 Å². The van der Waals surface area contributed by atoms with E-state index in [9.17, 15) is 5.11 Å². The molecule has 32 heavy (non-hydrogen) atoms. The standard InChI is InChI=1S/C23H26N6O3/c1-2-32-19-10-6-7-17(20(19)30)11-12-24-21-26-22(25-18-8-4-3-5-9-18)28-23(27-21)29-13-15-31-16-14-29/h3-12,30H,2,13-16H2,1H3,(H2,24,25,26,27,28)/b12-11+. The van der Waals surface area contributed by atoms with Crippen molar-refractivity contribution in [2.45, 2.75) is 6.92 Å². The molecule has 1 aliphatic rings. The Bertz CT molecular complexity index is 1050. The van der Waals surface area contributed by atoms with E-state index in [2.05, 4.69) is 30.5 Å². The minimum atomic E-state index is 0.0866. The van der Waals surface area contributed by atoms with Gasteiger partial charge in [-0.3, -0.25) is 0 Å². The molecular weight excluding hydrogens is 408 g/mol. The van der Waals surface area contributed by atoms with Crippen molar-refractivity contribution in [1.29, 1.82) is 0 Å². The van der Waals surface area contributed by atoms with Crippen LogP contribution in [-0.4, -0.2) is 53.0 Å². The fraction of sp³-hybridized carbons (Fsp3) is 0.261. The molecule has 0 amide bonds. The Labute approximate surface area is 186 Å². The predicted molar refractivity (Wildman–Crippen MR) is 125 cm³/mol. The zero-order chi connectivity index (χ0) is 22.2. The van der Waals surface area contributed by atoms with E-state index < -0.39 is 0 Å². The van der Waals surface area contributed by atoms with Gasteiger partial charge in [-0.1, -0.05) is 30.3 Å². The van der Waals surface area contributed by atoms with Gasteiger partial charge in [0.25, 0.3) is 0 Å². The molecule has 0 aliphatic carbocycles. The second-order valence-corrected chi connectivity index (χ2v) is 6.98. The average Bonchev–Trinajstić information content (AvgIpc) is 2.83. The zero-order valence-electron chi connectivity index (χ0n) is 17.9. The van der Waals surface area contributed by atoms with Gasteiger partial charge >= 0.3 is 0 Å². The predicted octanol–water partition coefficient (Wildman–Crippen LogP) is 3.64. The van der Waals surface area contributed by atoms with Crippen LogP contribution in [0.3, 0.4) is 0 Å². The van der Waals surface area contributed by atoms with Crippen molar-refractivity contribution in [3.63, 3.8) is 0 Å². The average molecular weight is 435 g/mol. The number of nitrogens with one attached hydrogen (secondary N) is 2. The largest absolute Gasteiger partial charge is 0.504 e. The minimum absolute atomic E-state index is 0.0866. The number of phenolic OH excluding ortho intramolecular Hbond substituents is 1. The summed E-state index contributed by atoms with van der Waals surface area (Å²) in [7, 11) is 0. The van der Waals surface area contributed by atoms with Crippen LogP contribution in [0.1, 0.15) is 12.5 Å². The third-order valence-electron chi connectivity index (χ3n) is 4.75. The van der Waals surface area contributed by atoms with Gasteiger partial charge in [0.2, 0.25) is 17.8 Å². The van der Waals surface area contributed by atoms with Crippen LogP contribution in [0.15, 0.2) is 54.7 Å². The van der Waals surface area contributed by atoms with Crippen LogP contribution in [0.4, 0.5) is 23.5 Å². The number of benzene rings is 2. The molecule has 9 nitrogen and oxygen atoms in total. The summed E-state index contributed by atoms with van der Waals surface area (Å²) in [6, 6.07) is 15.1. The number of rotatable bonds is 8. The van der Waals surface area contributed by atoms with E-state index in [1.807, 2.05) is 43.3 Å². The Kier molecular flexibility index (Phi) is 6.98. The van der Waals surface area contributed by atoms with Crippen LogP contribution in [0.5, 0.6) is 11.5 Å². The number of morpholine rings is 1. The Hall–Kier alpha value is -3.85. The fourth-order valence-electron chi connectivity index (χ4n) is 3.19. The Morgan fingerprint density at radius 2 is 1.81 bits per heavy atom. The maximum Gasteiger partial charge on any atom is 0.233 e. The molecule has 0 unspecified atom stereocenters. The van der Waals surface area contributed by atoms with Gasteiger partial charge in [-0.05, 0) is 31.2 Å². The molecule has 0 radical (unpaired) electrons. The summed E-state index contributed by atoms with van der Waals surface area (Å²) in [6.45, 7) is 5.03. The number of hydrogen-bond donors (Lipinski definition) is 3. The van der Waals surface area contributed by atoms with Gasteiger partial charge in [-0.15, -0.1) is 0 Å². The molecule has 0 bridgehead atoms. The second-order valence-electron chi connectivity index (χ2n) is 6.98. The number of anilines is 4. The van der Waals surface area contributed by atoms with Crippen LogP contribution < -0.4 is 20.3 Å². The van der Waals surface area contributed by atoms with Gasteiger partial charge in [-0.25, -0.2) is 0 Å². The molecule has 0 saturated carbocycles. The molecule has 0 spiro atoms. The van der Waals surface area contributed by atoms with Crippen molar-refractivity contribution in [2.24, 2.45) is 0 Å². The molecule has 2 heterocycles. The van der Waals surface area contributed by atoms with Crippen LogP contribution >= 0.6 is 0 Å². The summed E-state index contributed by atoms with van der Waals surface area (Å²) in [5.41, 5.74) is 1.50. The number of ether oxygens (including phenoxy) is 2. The topological polar surface area (TPSA) is 105 Å². The van der Waals surface area contributed by atoms with Gasteiger partial charge in [0.1, 0.15) is 0 Å². The summed E-state index contributed by atoms with van der Waals surface area (Å²) in [5.74, 6) is 1.92. The second kappa shape index (κ2) is 10.5. The Morgan fingerprint density at radius 1 is 1.03 bits per heavy atom. The van der Waals surface area contributed by atoms with Gasteiger partial charge < -0.3 is 30.1 Å². The highest BCUT2D eigenvalue weighted by Crippen LogP contribution is 2.30. The molecule has 9 heteroatoms. The summed E-state index contributed by atoms with van der Waals surface area (Å²) in [4.78, 5) is 15.7. The lowest BCUT2D eigenvalue weighted by Crippen LogP contribution is -2.37. The summed E-state index contributed by atoms with van der Waals surface area (Å²) < 4.78 is 10.9. The molecule has 4 rings (SSSR count). The third-order valence-corrected chi connectivity index (χ3v) is 4.75. The Morgan fingerprint density at radius 3 is 2.59 bits per heavy atom. The summed E-state index contributed by atoms with van der Waals surface area (Å²) in [5, 5.41) is 16.7. The maximum atomic E-state index is 10.4. The van der Waals surface area contributed by atoms with E-state index >= 15 is 0 Å². The van der Waals surface area contributed by atoms with E-state index in [1.54, 1.807) is 24.4 Å². The summed E-state index contributed by atoms with van der Waals surface area (Å²) >= 11 is 0. The first-order valence-electron chi connectivity index (χ1n) is 10.5. The van der Waals surface area contributed by atoms with Crippen LogP contribution in [0.25, 0.3) is 6.08 Å². The highest BCUT2D eigenvalue weighted by molar-refractivity contribution is 5.63. The first-order valence-corrected chi connectivity index (χ1v) is 10.5. The monoisotopic (exact) mass is 434 g/mol. The first kappa shape index (κ1) is 21.4. The molecule has 1 aliphatic heterocycles. The van der Waals surface area contributed by atoms with Crippen molar-refractivity contribution in [2.75, 3.05) is 48.4 Å². The lowest BCUT2D eigenvalue weighted by atomic mass is 10.2. The van der Waals surface area contributed by atoms with E-state index in [1.165, 1.54) is 0 Å². The SMILES string of the molecule is CCOc1cccc(/C=C/Nc2nc(Nc3ccccc3)nc(N3CCOCC3)n2)c1O. The molecule has 1 saturated heterocycles. The molecule has 3 aromatic rings. The van der Waals surface area contributed by atoms with Crippen LogP contribution in [0, 0.1) is 0 Å². The first-order chi connectivity index (χ1) is 15.7. The van der Waals surface area contributed by atoms with E-state index in [-0.39, 0.29) is 5.75 Å². The molecule has 0 atom stereocenters. The zero-order valence-corrected chi connectivity index (χ0v) is 17.9. The van der Waals surface area contributed by atoms with Crippen molar-refractivity contribution in [3.8, 4) is 11.5 Å². The lowest BCUT2D eigenvalue weighted by molar-refractivity contribution is 0.122. The highest BCUT2D eigenvalue weighted by atomic mass is 16.5. The maximum absolute atomic E-state index is 10.4. The van der Waals surface area contributed by atoms with Crippen LogP contribution in [-0.2, 0) is 4.74 Å². The van der Waals surface area contributed by atoms with Gasteiger partial charge in [0.15, 0.2) is 11.5 Å². The summed E-state index contributed by atoms with van der Waals surface area (Å²) in [6.07, 6.45) is 3.41. The molecule has 1 fully saturated rings. The number of nitrogens with zero attached hydrogens (tertiary/aromatic N) is 4. The van der Waals surface area contributed by atoms with Crippen LogP contribution in [0.2, 0.25) is 0 Å². The van der Waals surface area contributed by atoms with E-state index in [0.717, 1.165) is 5.69 Å². The molecular formula is C23H26N6O3. The highest BCUT2D eigenvalue weighted by Gasteiger charge is 2.16. The van der Waals surface area contributed by atoms with Crippen molar-refractivity contribution in [1.82, 2.24) is 15.0 Å². The molecule has 1 aromatic heterocycles. The van der Waals surface area contributed by atoms with Gasteiger partial charge in [0.05, 0.1) is 19.8 Å². The molecule has 2 aromatic carbocycles. The number of para-hydroxylation sites is 2. The van der Waals surface area contributed by atoms with E-state index in [0.29, 0.717) is 62.1 Å². The Balaban J connectivity index is 1.56. The van der Waals surface area contributed by atoms with Crippen molar-refractivity contribution < 1.29 is 14.6 Å². The number of hydrogen-bond acceptors (Lipinski definition) is 9. The minimum Gasteiger partial charge on any atom is -0.504 e. The van der Waals surface area contributed by atoms with Gasteiger partial charge in [-0.2, -0.15) is 15.0 Å². The fourth-order valence-corrected chi connectivity index (χ4v) is 3.19. The van der Waals surface area contributed by atoms with Gasteiger partial charge in [0, 0.05) is 30.5 Å². The number of aromatic hydroxyl groups is 1. The molecule has 3 N–H and O–H groups in total. The van der Waals surface area contributed by atoms with Crippen molar-refractivity contribution >= 4 is 29.6 Å². The quantitative estimate of drug-likeness (QED) is 0.490. The smallest absolute Gasteiger partial charge is 0.233 e. The number of phenols is 1. The third kappa shape index (κ3) is 5.44. The normalized spacial score (nSPS) is 13.8. The lowest BCUT2D eigenvalue weighted by Gasteiger charge is -2.27. The molecule has 166 valence electrons. The number of aromatic nitrogens is 3.